The highest BCUT2D eigenvalue weighted by Gasteiger charge is 2.14. The van der Waals surface area contributed by atoms with Gasteiger partial charge in [0.1, 0.15) is 11.4 Å². The molecular formula is C17H14N2O3. The Kier molecular flexibility index (Phi) is 3.70. The zero-order valence-corrected chi connectivity index (χ0v) is 12.2. The van der Waals surface area contributed by atoms with Gasteiger partial charge in [0.05, 0.1) is 25.4 Å². The lowest BCUT2D eigenvalue weighted by Gasteiger charge is -2.09. The maximum absolute atomic E-state index is 11.9. The molecule has 2 heterocycles. The number of methoxy groups -OCH3 is 2. The van der Waals surface area contributed by atoms with Crippen molar-refractivity contribution in [3.8, 4) is 17.0 Å². The average Bonchev–Trinajstić information content (AvgIpc) is 2.60. The number of esters is 1. The molecule has 1 aromatic carbocycles. The first-order valence-corrected chi connectivity index (χ1v) is 6.71. The van der Waals surface area contributed by atoms with Crippen molar-refractivity contribution in [3.63, 3.8) is 0 Å². The Balaban J connectivity index is 2.30. The predicted octanol–water partition coefficient (Wildman–Crippen LogP) is 3.09. The number of benzene rings is 1. The fourth-order valence-corrected chi connectivity index (χ4v) is 2.28. The van der Waals surface area contributed by atoms with E-state index in [1.807, 2.05) is 30.3 Å². The zero-order chi connectivity index (χ0) is 15.5. The summed E-state index contributed by atoms with van der Waals surface area (Å²) in [5, 5.41) is 0.896. The Morgan fingerprint density at radius 3 is 2.64 bits per heavy atom. The van der Waals surface area contributed by atoms with Crippen LogP contribution in [0.4, 0.5) is 0 Å². The van der Waals surface area contributed by atoms with E-state index in [0.717, 1.165) is 16.6 Å². The SMILES string of the molecule is COC(=O)c1cc(-c2ccccn2)c2ccc(OC)cc2n1. The van der Waals surface area contributed by atoms with Crippen molar-refractivity contribution in [2.24, 2.45) is 0 Å². The van der Waals surface area contributed by atoms with Crippen LogP contribution in [0.2, 0.25) is 0 Å². The molecule has 0 aliphatic rings. The van der Waals surface area contributed by atoms with Crippen molar-refractivity contribution < 1.29 is 14.3 Å². The topological polar surface area (TPSA) is 61.3 Å². The smallest absolute Gasteiger partial charge is 0.356 e. The van der Waals surface area contributed by atoms with Gasteiger partial charge >= 0.3 is 5.97 Å². The summed E-state index contributed by atoms with van der Waals surface area (Å²) < 4.78 is 10.0. The van der Waals surface area contributed by atoms with Crippen LogP contribution in [0.3, 0.4) is 0 Å². The first kappa shape index (κ1) is 14.0. The van der Waals surface area contributed by atoms with Crippen LogP contribution in [0.15, 0.2) is 48.7 Å². The van der Waals surface area contributed by atoms with Crippen LogP contribution in [-0.2, 0) is 4.74 Å². The van der Waals surface area contributed by atoms with Crippen LogP contribution in [0.25, 0.3) is 22.2 Å². The third-order valence-electron chi connectivity index (χ3n) is 3.35. The first-order valence-electron chi connectivity index (χ1n) is 6.71. The number of pyridine rings is 2. The van der Waals surface area contributed by atoms with Gasteiger partial charge in [0.25, 0.3) is 0 Å². The van der Waals surface area contributed by atoms with Gasteiger partial charge < -0.3 is 9.47 Å². The number of rotatable bonds is 3. The van der Waals surface area contributed by atoms with Gasteiger partial charge in [-0.25, -0.2) is 9.78 Å². The summed E-state index contributed by atoms with van der Waals surface area (Å²) in [7, 11) is 2.92. The highest BCUT2D eigenvalue weighted by molar-refractivity contribution is 5.99. The standard InChI is InChI=1S/C17H14N2O3/c1-21-11-6-7-12-13(14-5-3-4-8-18-14)10-16(17(20)22-2)19-15(12)9-11/h3-10H,1-2H3. The normalized spacial score (nSPS) is 10.5. The Bertz CT molecular complexity index is 832. The maximum atomic E-state index is 11.9. The predicted molar refractivity (Wildman–Crippen MR) is 82.9 cm³/mol. The van der Waals surface area contributed by atoms with Crippen LogP contribution in [0.5, 0.6) is 5.75 Å². The van der Waals surface area contributed by atoms with E-state index in [9.17, 15) is 4.79 Å². The van der Waals surface area contributed by atoms with E-state index in [1.54, 1.807) is 25.4 Å². The van der Waals surface area contributed by atoms with Crippen molar-refractivity contribution in [1.82, 2.24) is 9.97 Å². The molecule has 110 valence electrons. The molecule has 0 atom stereocenters. The summed E-state index contributed by atoms with van der Waals surface area (Å²) in [4.78, 5) is 20.6. The molecule has 5 heteroatoms. The van der Waals surface area contributed by atoms with Gasteiger partial charge in [-0.3, -0.25) is 4.98 Å². The van der Waals surface area contributed by atoms with E-state index in [4.69, 9.17) is 9.47 Å². The minimum Gasteiger partial charge on any atom is -0.497 e. The van der Waals surface area contributed by atoms with E-state index < -0.39 is 5.97 Å². The van der Waals surface area contributed by atoms with Crippen molar-refractivity contribution in [3.05, 3.63) is 54.4 Å². The molecule has 0 radical (unpaired) electrons. The number of hydrogen-bond donors (Lipinski definition) is 0. The molecule has 5 nitrogen and oxygen atoms in total. The number of ether oxygens (including phenoxy) is 2. The molecule has 0 bridgehead atoms. The van der Waals surface area contributed by atoms with E-state index in [2.05, 4.69) is 9.97 Å². The maximum Gasteiger partial charge on any atom is 0.356 e. The van der Waals surface area contributed by atoms with Crippen LogP contribution in [0.1, 0.15) is 10.5 Å². The van der Waals surface area contributed by atoms with Gasteiger partial charge in [0, 0.05) is 23.2 Å². The van der Waals surface area contributed by atoms with Crippen LogP contribution in [-0.4, -0.2) is 30.2 Å². The van der Waals surface area contributed by atoms with Gasteiger partial charge in [-0.15, -0.1) is 0 Å². The molecule has 0 saturated heterocycles. The summed E-state index contributed by atoms with van der Waals surface area (Å²) in [6, 6.07) is 12.9. The third kappa shape index (κ3) is 2.48. The molecule has 3 aromatic rings. The molecule has 0 N–H and O–H groups in total. The first-order chi connectivity index (χ1) is 10.7. The fraction of sp³-hybridized carbons (Fsp3) is 0.118. The second kappa shape index (κ2) is 5.81. The van der Waals surface area contributed by atoms with E-state index in [0.29, 0.717) is 11.3 Å². The molecule has 0 spiro atoms. The lowest BCUT2D eigenvalue weighted by Crippen LogP contribution is -2.05. The molecule has 0 aliphatic heterocycles. The van der Waals surface area contributed by atoms with Crippen LogP contribution < -0.4 is 4.74 Å². The van der Waals surface area contributed by atoms with Crippen molar-refractivity contribution in [2.45, 2.75) is 0 Å². The lowest BCUT2D eigenvalue weighted by molar-refractivity contribution is 0.0594. The number of carbonyl (C=O) groups excluding carboxylic acids is 1. The minimum absolute atomic E-state index is 0.240. The number of carbonyl (C=O) groups is 1. The number of hydrogen-bond acceptors (Lipinski definition) is 5. The van der Waals surface area contributed by atoms with Crippen molar-refractivity contribution >= 4 is 16.9 Å². The molecule has 0 fully saturated rings. The summed E-state index contributed by atoms with van der Waals surface area (Å²) in [6.45, 7) is 0. The molecule has 3 rings (SSSR count). The van der Waals surface area contributed by atoms with Crippen molar-refractivity contribution in [1.29, 1.82) is 0 Å². The monoisotopic (exact) mass is 294 g/mol. The summed E-state index contributed by atoms with van der Waals surface area (Å²) >= 11 is 0. The Labute approximate surface area is 127 Å². The van der Waals surface area contributed by atoms with Crippen molar-refractivity contribution in [2.75, 3.05) is 14.2 Å². The molecule has 0 aliphatic carbocycles. The van der Waals surface area contributed by atoms with Crippen LogP contribution >= 0.6 is 0 Å². The van der Waals surface area contributed by atoms with Gasteiger partial charge in [0.2, 0.25) is 0 Å². The molecule has 22 heavy (non-hydrogen) atoms. The lowest BCUT2D eigenvalue weighted by atomic mass is 10.0. The Morgan fingerprint density at radius 2 is 1.95 bits per heavy atom. The highest BCUT2D eigenvalue weighted by atomic mass is 16.5. The molecule has 0 amide bonds. The summed E-state index contributed by atoms with van der Waals surface area (Å²) in [5.74, 6) is 0.191. The van der Waals surface area contributed by atoms with E-state index in [1.165, 1.54) is 7.11 Å². The number of aromatic nitrogens is 2. The second-order valence-corrected chi connectivity index (χ2v) is 4.64. The molecule has 0 saturated carbocycles. The number of nitrogens with zero attached hydrogens (tertiary/aromatic N) is 2. The molecule has 2 aromatic heterocycles. The quantitative estimate of drug-likeness (QED) is 0.695. The van der Waals surface area contributed by atoms with Crippen LogP contribution in [0, 0.1) is 0 Å². The zero-order valence-electron chi connectivity index (χ0n) is 12.2. The Morgan fingerprint density at radius 1 is 1.09 bits per heavy atom. The second-order valence-electron chi connectivity index (χ2n) is 4.64. The molecular weight excluding hydrogens is 280 g/mol. The fourth-order valence-electron chi connectivity index (χ4n) is 2.28. The third-order valence-corrected chi connectivity index (χ3v) is 3.35. The largest absolute Gasteiger partial charge is 0.497 e. The highest BCUT2D eigenvalue weighted by Crippen LogP contribution is 2.29. The van der Waals surface area contributed by atoms with Gasteiger partial charge in [0.15, 0.2) is 0 Å². The number of fused-ring (bicyclic) bond motifs is 1. The van der Waals surface area contributed by atoms with E-state index in [-0.39, 0.29) is 5.69 Å². The van der Waals surface area contributed by atoms with Gasteiger partial charge in [-0.2, -0.15) is 0 Å². The van der Waals surface area contributed by atoms with Gasteiger partial charge in [-0.1, -0.05) is 6.07 Å². The van der Waals surface area contributed by atoms with Gasteiger partial charge in [-0.05, 0) is 30.3 Å². The average molecular weight is 294 g/mol. The minimum atomic E-state index is -0.484. The summed E-state index contributed by atoms with van der Waals surface area (Å²) in [6.07, 6.45) is 1.71. The Hall–Kier alpha value is -2.95. The summed E-state index contributed by atoms with van der Waals surface area (Å²) in [5.41, 5.74) is 2.49. The van der Waals surface area contributed by atoms with E-state index >= 15 is 0 Å². The molecule has 0 unspecified atom stereocenters.